The number of rotatable bonds is 8. The van der Waals surface area contributed by atoms with E-state index in [1.165, 1.54) is 4.31 Å². The Kier molecular flexibility index (Phi) is 6.91. The van der Waals surface area contributed by atoms with E-state index in [9.17, 15) is 13.2 Å². The highest BCUT2D eigenvalue weighted by atomic mass is 32.2. The van der Waals surface area contributed by atoms with Gasteiger partial charge in [0.05, 0.1) is 5.75 Å². The van der Waals surface area contributed by atoms with E-state index in [-0.39, 0.29) is 30.7 Å². The first kappa shape index (κ1) is 17.4. The first-order chi connectivity index (χ1) is 9.33. The van der Waals surface area contributed by atoms with Crippen molar-refractivity contribution in [2.24, 2.45) is 0 Å². The zero-order chi connectivity index (χ0) is 15.2. The van der Waals surface area contributed by atoms with Crippen LogP contribution in [0.2, 0.25) is 0 Å². The van der Waals surface area contributed by atoms with Gasteiger partial charge in [-0.2, -0.15) is 4.31 Å². The Labute approximate surface area is 121 Å². The van der Waals surface area contributed by atoms with Crippen LogP contribution in [0.1, 0.15) is 46.0 Å². The van der Waals surface area contributed by atoms with Crippen molar-refractivity contribution in [3.05, 3.63) is 0 Å². The molecule has 2 N–H and O–H groups in total. The third-order valence-electron chi connectivity index (χ3n) is 3.54. The third kappa shape index (κ3) is 5.76. The summed E-state index contributed by atoms with van der Waals surface area (Å²) >= 11 is 0. The number of carbonyl (C=O) groups is 1. The second-order valence-electron chi connectivity index (χ2n) is 5.62. The first-order valence-corrected chi connectivity index (χ1v) is 8.88. The van der Waals surface area contributed by atoms with Crippen molar-refractivity contribution in [3.63, 3.8) is 0 Å². The number of nitrogens with one attached hydrogen (secondary N) is 1. The minimum atomic E-state index is -3.39. The van der Waals surface area contributed by atoms with Gasteiger partial charge in [0.25, 0.3) is 0 Å². The van der Waals surface area contributed by atoms with Gasteiger partial charge in [-0.05, 0) is 39.7 Å². The average Bonchev–Trinajstić information content (AvgIpc) is 2.36. The molecule has 1 rings (SSSR count). The maximum absolute atomic E-state index is 12.3. The molecule has 20 heavy (non-hydrogen) atoms. The highest BCUT2D eigenvalue weighted by Gasteiger charge is 2.28. The molecular weight excluding hydrogens is 280 g/mol. The van der Waals surface area contributed by atoms with Gasteiger partial charge in [0.1, 0.15) is 0 Å². The molecule has 0 spiro atoms. The third-order valence-corrected chi connectivity index (χ3v) is 5.63. The molecule has 0 amide bonds. The number of piperidine rings is 1. The molecule has 6 nitrogen and oxygen atoms in total. The Morgan fingerprint density at radius 1 is 1.40 bits per heavy atom. The molecule has 1 aliphatic heterocycles. The van der Waals surface area contributed by atoms with Crippen LogP contribution < -0.4 is 5.32 Å². The van der Waals surface area contributed by atoms with E-state index in [1.807, 2.05) is 13.8 Å². The van der Waals surface area contributed by atoms with Crippen LogP contribution >= 0.6 is 0 Å². The molecule has 1 aliphatic rings. The van der Waals surface area contributed by atoms with Crippen molar-refractivity contribution in [1.82, 2.24) is 9.62 Å². The van der Waals surface area contributed by atoms with Gasteiger partial charge in [0.2, 0.25) is 10.0 Å². The molecule has 1 atom stereocenters. The smallest absolute Gasteiger partial charge is 0.303 e. The summed E-state index contributed by atoms with van der Waals surface area (Å²) in [6, 6.07) is 0.106. The van der Waals surface area contributed by atoms with E-state index < -0.39 is 16.0 Å². The number of carboxylic acids is 1. The molecule has 0 aromatic carbocycles. The van der Waals surface area contributed by atoms with Crippen LogP contribution in [-0.4, -0.2) is 54.7 Å². The van der Waals surface area contributed by atoms with Gasteiger partial charge in [-0.1, -0.05) is 6.42 Å². The summed E-state index contributed by atoms with van der Waals surface area (Å²) in [6.07, 6.45) is 3.33. The van der Waals surface area contributed by atoms with Crippen molar-refractivity contribution in [2.75, 3.05) is 18.8 Å². The van der Waals surface area contributed by atoms with E-state index >= 15 is 0 Å². The van der Waals surface area contributed by atoms with Gasteiger partial charge in [-0.15, -0.1) is 0 Å². The second-order valence-corrected chi connectivity index (χ2v) is 7.66. The molecule has 1 heterocycles. The van der Waals surface area contributed by atoms with E-state index in [4.69, 9.17) is 5.11 Å². The van der Waals surface area contributed by atoms with Crippen molar-refractivity contribution >= 4 is 16.0 Å². The second kappa shape index (κ2) is 7.95. The van der Waals surface area contributed by atoms with Crippen LogP contribution in [0.25, 0.3) is 0 Å². The number of sulfonamides is 1. The molecule has 7 heteroatoms. The predicted octanol–water partition coefficient (Wildman–Crippen LogP) is 1.03. The summed E-state index contributed by atoms with van der Waals surface area (Å²) in [5.41, 5.74) is 0. The van der Waals surface area contributed by atoms with Gasteiger partial charge < -0.3 is 10.4 Å². The lowest BCUT2D eigenvalue weighted by atomic mass is 10.1. The molecule has 0 bridgehead atoms. The SMILES string of the molecule is CC(C)N(CC1CCCCN1)S(=O)(=O)CCCC(=O)O. The zero-order valence-corrected chi connectivity index (χ0v) is 13.2. The lowest BCUT2D eigenvalue weighted by Crippen LogP contribution is -2.48. The minimum absolute atomic E-state index is 0.0931. The van der Waals surface area contributed by atoms with Crippen molar-refractivity contribution in [2.45, 2.75) is 58.0 Å². The van der Waals surface area contributed by atoms with E-state index in [0.717, 1.165) is 25.8 Å². The van der Waals surface area contributed by atoms with Gasteiger partial charge in [0, 0.05) is 25.0 Å². The van der Waals surface area contributed by atoms with Crippen molar-refractivity contribution in [3.8, 4) is 0 Å². The minimum Gasteiger partial charge on any atom is -0.481 e. The first-order valence-electron chi connectivity index (χ1n) is 7.27. The van der Waals surface area contributed by atoms with Crippen LogP contribution in [0.15, 0.2) is 0 Å². The Morgan fingerprint density at radius 3 is 2.60 bits per heavy atom. The predicted molar refractivity (Wildman–Crippen MR) is 78.1 cm³/mol. The summed E-state index contributed by atoms with van der Waals surface area (Å²) < 4.78 is 26.2. The van der Waals surface area contributed by atoms with Crippen LogP contribution in [0.4, 0.5) is 0 Å². The lowest BCUT2D eigenvalue weighted by Gasteiger charge is -2.32. The highest BCUT2D eigenvalue weighted by molar-refractivity contribution is 7.89. The Morgan fingerprint density at radius 2 is 2.10 bits per heavy atom. The fourth-order valence-electron chi connectivity index (χ4n) is 2.47. The van der Waals surface area contributed by atoms with Crippen LogP contribution in [0.5, 0.6) is 0 Å². The molecule has 0 aromatic heterocycles. The van der Waals surface area contributed by atoms with E-state index in [0.29, 0.717) is 6.54 Å². The van der Waals surface area contributed by atoms with Gasteiger partial charge in [-0.25, -0.2) is 8.42 Å². The van der Waals surface area contributed by atoms with E-state index in [2.05, 4.69) is 5.32 Å². The quantitative estimate of drug-likeness (QED) is 0.699. The van der Waals surface area contributed by atoms with Gasteiger partial charge in [0.15, 0.2) is 0 Å². The number of carboxylic acid groups (broad SMARTS) is 1. The topological polar surface area (TPSA) is 86.7 Å². The standard InChI is InChI=1S/C13H26N2O4S/c1-11(2)15(10-12-6-3-4-8-14-12)20(18,19)9-5-7-13(16)17/h11-12,14H,3-10H2,1-2H3,(H,16,17). The van der Waals surface area contributed by atoms with Crippen molar-refractivity contribution in [1.29, 1.82) is 0 Å². The summed E-state index contributed by atoms with van der Waals surface area (Å²) in [6.45, 7) is 5.14. The van der Waals surface area contributed by atoms with Crippen molar-refractivity contribution < 1.29 is 18.3 Å². The molecule has 118 valence electrons. The van der Waals surface area contributed by atoms with Crippen LogP contribution in [0.3, 0.4) is 0 Å². The van der Waals surface area contributed by atoms with E-state index in [1.54, 1.807) is 0 Å². The Hall–Kier alpha value is -0.660. The summed E-state index contributed by atoms with van der Waals surface area (Å²) in [4.78, 5) is 10.5. The fourth-order valence-corrected chi connectivity index (χ4v) is 4.26. The maximum atomic E-state index is 12.3. The van der Waals surface area contributed by atoms with Crippen LogP contribution in [0, 0.1) is 0 Å². The number of hydrogen-bond acceptors (Lipinski definition) is 4. The highest BCUT2D eigenvalue weighted by Crippen LogP contribution is 2.15. The normalized spacial score (nSPS) is 20.5. The largest absolute Gasteiger partial charge is 0.481 e. The molecule has 1 fully saturated rings. The monoisotopic (exact) mass is 306 g/mol. The molecule has 0 aliphatic carbocycles. The van der Waals surface area contributed by atoms with Gasteiger partial charge in [-0.3, -0.25) is 4.79 Å². The maximum Gasteiger partial charge on any atom is 0.303 e. The summed E-state index contributed by atoms with van der Waals surface area (Å²) in [5, 5.41) is 12.0. The molecule has 0 aromatic rings. The number of aliphatic carboxylic acids is 1. The molecule has 0 radical (unpaired) electrons. The Bertz CT molecular complexity index is 403. The average molecular weight is 306 g/mol. The summed E-state index contributed by atoms with van der Waals surface area (Å²) in [5.74, 6) is -1.05. The van der Waals surface area contributed by atoms with Crippen LogP contribution in [-0.2, 0) is 14.8 Å². The van der Waals surface area contributed by atoms with Gasteiger partial charge >= 0.3 is 5.97 Å². The molecule has 1 unspecified atom stereocenters. The lowest BCUT2D eigenvalue weighted by molar-refractivity contribution is -0.137. The number of nitrogens with zero attached hydrogens (tertiary/aromatic N) is 1. The molecular formula is C13H26N2O4S. The fraction of sp³-hybridized carbons (Fsp3) is 0.923. The molecule has 0 saturated carbocycles. The summed E-state index contributed by atoms with van der Waals surface area (Å²) in [7, 11) is -3.39. The Balaban J connectivity index is 2.60. The zero-order valence-electron chi connectivity index (χ0n) is 12.3. The molecule has 1 saturated heterocycles. The number of hydrogen-bond donors (Lipinski definition) is 2.